The van der Waals surface area contributed by atoms with Gasteiger partial charge >= 0.3 is 5.97 Å². The van der Waals surface area contributed by atoms with Gasteiger partial charge in [0.05, 0.1) is 15.7 Å². The van der Waals surface area contributed by atoms with Gasteiger partial charge in [0.2, 0.25) is 0 Å². The smallest absolute Gasteiger partial charge is 0.325 e. The highest BCUT2D eigenvalue weighted by molar-refractivity contribution is 9.10. The van der Waals surface area contributed by atoms with Crippen molar-refractivity contribution in [1.82, 2.24) is 0 Å². The van der Waals surface area contributed by atoms with Crippen molar-refractivity contribution in [2.24, 2.45) is 0 Å². The Hall–Kier alpha value is -0.450. The molecule has 0 amide bonds. The van der Waals surface area contributed by atoms with Crippen LogP contribution >= 0.6 is 39.1 Å². The van der Waals surface area contributed by atoms with Gasteiger partial charge in [-0.25, -0.2) is 0 Å². The highest BCUT2D eigenvalue weighted by Gasteiger charge is 2.16. The largest absolute Gasteiger partial charge is 0.459 e. The van der Waals surface area contributed by atoms with E-state index in [-0.39, 0.29) is 12.5 Å². The lowest BCUT2D eigenvalue weighted by Crippen LogP contribution is -2.28. The molecule has 3 nitrogen and oxygen atoms in total. The molecule has 0 radical (unpaired) electrons. The molecule has 0 heterocycles. The SMILES string of the molecule is CC(C)(C)OC(=O)CNc1c(Cl)cc(Br)cc1Cl. The number of ether oxygens (including phenoxy) is 1. The molecule has 1 aromatic rings. The van der Waals surface area contributed by atoms with Gasteiger partial charge in [-0.2, -0.15) is 0 Å². The first-order valence-corrected chi connectivity index (χ1v) is 6.84. The summed E-state index contributed by atoms with van der Waals surface area (Å²) in [4.78, 5) is 11.5. The number of anilines is 1. The maximum absolute atomic E-state index is 11.5. The molecule has 0 bridgehead atoms. The third kappa shape index (κ3) is 5.04. The van der Waals surface area contributed by atoms with Crippen LogP contribution in [0.25, 0.3) is 0 Å². The monoisotopic (exact) mass is 353 g/mol. The van der Waals surface area contributed by atoms with Crippen LogP contribution < -0.4 is 5.32 Å². The molecule has 0 aromatic heterocycles. The van der Waals surface area contributed by atoms with Crippen molar-refractivity contribution in [3.05, 3.63) is 26.7 Å². The molecule has 6 heteroatoms. The standard InChI is InChI=1S/C12H14BrCl2NO2/c1-12(2,3)18-10(17)6-16-11-8(14)4-7(13)5-9(11)15/h4-5,16H,6H2,1-3H3. The number of esters is 1. The van der Waals surface area contributed by atoms with E-state index in [2.05, 4.69) is 21.2 Å². The average molecular weight is 355 g/mol. The summed E-state index contributed by atoms with van der Waals surface area (Å²) < 4.78 is 5.94. The second kappa shape index (κ2) is 6.13. The predicted molar refractivity (Wildman–Crippen MR) is 78.5 cm³/mol. The van der Waals surface area contributed by atoms with Gasteiger partial charge in [-0.05, 0) is 32.9 Å². The summed E-state index contributed by atoms with van der Waals surface area (Å²) in [6.45, 7) is 5.44. The maximum atomic E-state index is 11.5. The minimum absolute atomic E-state index is 0.0122. The molecule has 18 heavy (non-hydrogen) atoms. The van der Waals surface area contributed by atoms with Crippen LogP contribution in [0.15, 0.2) is 16.6 Å². The fourth-order valence-corrected chi connectivity index (χ4v) is 2.59. The normalized spacial score (nSPS) is 11.2. The van der Waals surface area contributed by atoms with Crippen LogP contribution in [-0.4, -0.2) is 18.1 Å². The van der Waals surface area contributed by atoms with E-state index in [9.17, 15) is 4.79 Å². The number of benzene rings is 1. The van der Waals surface area contributed by atoms with E-state index in [4.69, 9.17) is 27.9 Å². The minimum atomic E-state index is -0.508. The van der Waals surface area contributed by atoms with E-state index >= 15 is 0 Å². The second-order valence-corrected chi connectivity index (χ2v) is 6.41. The number of rotatable bonds is 3. The van der Waals surface area contributed by atoms with Crippen molar-refractivity contribution < 1.29 is 9.53 Å². The minimum Gasteiger partial charge on any atom is -0.459 e. The molecule has 0 aliphatic carbocycles. The number of hydrogen-bond donors (Lipinski definition) is 1. The Balaban J connectivity index is 2.67. The van der Waals surface area contributed by atoms with Crippen molar-refractivity contribution in [3.63, 3.8) is 0 Å². The van der Waals surface area contributed by atoms with Gasteiger partial charge < -0.3 is 10.1 Å². The van der Waals surface area contributed by atoms with Gasteiger partial charge in [-0.1, -0.05) is 39.1 Å². The van der Waals surface area contributed by atoms with E-state index in [1.807, 2.05) is 20.8 Å². The van der Waals surface area contributed by atoms with Crippen molar-refractivity contribution in [3.8, 4) is 0 Å². The number of nitrogens with one attached hydrogen (secondary N) is 1. The second-order valence-electron chi connectivity index (χ2n) is 4.68. The first-order valence-electron chi connectivity index (χ1n) is 5.29. The summed E-state index contributed by atoms with van der Waals surface area (Å²) in [6, 6.07) is 3.40. The summed E-state index contributed by atoms with van der Waals surface area (Å²) in [5.74, 6) is -0.363. The number of hydrogen-bond acceptors (Lipinski definition) is 3. The molecular weight excluding hydrogens is 341 g/mol. The summed E-state index contributed by atoms with van der Waals surface area (Å²) in [5, 5.41) is 3.76. The Morgan fingerprint density at radius 2 is 1.83 bits per heavy atom. The molecule has 0 saturated carbocycles. The van der Waals surface area contributed by atoms with E-state index in [0.717, 1.165) is 4.47 Å². The first kappa shape index (κ1) is 15.6. The van der Waals surface area contributed by atoms with Gasteiger partial charge in [0.1, 0.15) is 12.1 Å². The predicted octanol–water partition coefficient (Wildman–Crippen LogP) is 4.51. The van der Waals surface area contributed by atoms with Crippen molar-refractivity contribution >= 4 is 50.8 Å². The fourth-order valence-electron chi connectivity index (χ4n) is 1.25. The van der Waals surface area contributed by atoms with Crippen LogP contribution in [0.2, 0.25) is 10.0 Å². The van der Waals surface area contributed by atoms with Crippen LogP contribution in [0.5, 0.6) is 0 Å². The Labute approximate surface area is 125 Å². The topological polar surface area (TPSA) is 38.3 Å². The van der Waals surface area contributed by atoms with E-state index < -0.39 is 5.60 Å². The molecule has 0 unspecified atom stereocenters. The molecule has 0 saturated heterocycles. The summed E-state index contributed by atoms with van der Waals surface area (Å²) in [6.07, 6.45) is 0. The highest BCUT2D eigenvalue weighted by Crippen LogP contribution is 2.33. The Morgan fingerprint density at radius 1 is 1.33 bits per heavy atom. The molecule has 100 valence electrons. The molecule has 1 aromatic carbocycles. The molecular formula is C12H14BrCl2NO2. The van der Waals surface area contributed by atoms with Crippen LogP contribution in [-0.2, 0) is 9.53 Å². The Bertz CT molecular complexity index is 435. The molecule has 0 fully saturated rings. The molecule has 1 N–H and O–H groups in total. The van der Waals surface area contributed by atoms with Gasteiger partial charge in [-0.15, -0.1) is 0 Å². The third-order valence-electron chi connectivity index (χ3n) is 1.84. The van der Waals surface area contributed by atoms with Gasteiger partial charge in [-0.3, -0.25) is 4.79 Å². The van der Waals surface area contributed by atoms with Crippen LogP contribution in [0.3, 0.4) is 0 Å². The van der Waals surface area contributed by atoms with Crippen molar-refractivity contribution in [2.45, 2.75) is 26.4 Å². The zero-order valence-corrected chi connectivity index (χ0v) is 13.4. The lowest BCUT2D eigenvalue weighted by molar-refractivity contribution is -0.152. The number of carbonyl (C=O) groups excluding carboxylic acids is 1. The van der Waals surface area contributed by atoms with Crippen molar-refractivity contribution in [1.29, 1.82) is 0 Å². The molecule has 1 rings (SSSR count). The quantitative estimate of drug-likeness (QED) is 0.811. The summed E-state index contributed by atoms with van der Waals surface area (Å²) in [7, 11) is 0. The van der Waals surface area contributed by atoms with E-state index in [1.165, 1.54) is 0 Å². The van der Waals surface area contributed by atoms with E-state index in [1.54, 1.807) is 12.1 Å². The average Bonchev–Trinajstić information content (AvgIpc) is 2.12. The lowest BCUT2D eigenvalue weighted by atomic mass is 10.2. The zero-order chi connectivity index (χ0) is 13.9. The van der Waals surface area contributed by atoms with Gasteiger partial charge in [0.25, 0.3) is 0 Å². The van der Waals surface area contributed by atoms with E-state index in [0.29, 0.717) is 15.7 Å². The van der Waals surface area contributed by atoms with Crippen LogP contribution in [0.4, 0.5) is 5.69 Å². The maximum Gasteiger partial charge on any atom is 0.325 e. The molecule has 0 spiro atoms. The zero-order valence-electron chi connectivity index (χ0n) is 10.3. The Kier molecular flexibility index (Phi) is 5.32. The summed E-state index contributed by atoms with van der Waals surface area (Å²) >= 11 is 15.3. The Morgan fingerprint density at radius 3 is 2.28 bits per heavy atom. The van der Waals surface area contributed by atoms with Crippen LogP contribution in [0, 0.1) is 0 Å². The number of halogens is 3. The number of carbonyl (C=O) groups is 1. The fraction of sp³-hybridized carbons (Fsp3) is 0.417. The van der Waals surface area contributed by atoms with Gasteiger partial charge in [0.15, 0.2) is 0 Å². The van der Waals surface area contributed by atoms with Crippen molar-refractivity contribution in [2.75, 3.05) is 11.9 Å². The summed E-state index contributed by atoms with van der Waals surface area (Å²) in [5.41, 5.74) is 0.0129. The molecule has 0 aliphatic rings. The lowest BCUT2D eigenvalue weighted by Gasteiger charge is -2.20. The highest BCUT2D eigenvalue weighted by atomic mass is 79.9. The first-order chi connectivity index (χ1) is 8.19. The third-order valence-corrected chi connectivity index (χ3v) is 2.89. The molecule has 0 atom stereocenters. The van der Waals surface area contributed by atoms with Crippen LogP contribution in [0.1, 0.15) is 20.8 Å². The van der Waals surface area contributed by atoms with Gasteiger partial charge in [0, 0.05) is 4.47 Å². The molecule has 0 aliphatic heterocycles.